The van der Waals surface area contributed by atoms with Crippen molar-refractivity contribution in [1.82, 2.24) is 15.5 Å². The number of aromatic amines is 1. The zero-order chi connectivity index (χ0) is 13.0. The predicted molar refractivity (Wildman–Crippen MR) is 72.8 cm³/mol. The van der Waals surface area contributed by atoms with Gasteiger partial charge in [-0.05, 0) is 18.2 Å². The van der Waals surface area contributed by atoms with Crippen molar-refractivity contribution in [2.45, 2.75) is 6.54 Å². The molecule has 1 aromatic carbocycles. The Kier molecular flexibility index (Phi) is 4.60. The van der Waals surface area contributed by atoms with Crippen molar-refractivity contribution in [3.05, 3.63) is 40.0 Å². The van der Waals surface area contributed by atoms with E-state index in [4.69, 9.17) is 28.3 Å². The monoisotopic (exact) mass is 285 g/mol. The molecule has 4 nitrogen and oxygen atoms in total. The lowest BCUT2D eigenvalue weighted by Crippen LogP contribution is -2.17. The van der Waals surface area contributed by atoms with Crippen LogP contribution in [0.3, 0.4) is 0 Å². The Morgan fingerprint density at radius 1 is 1.33 bits per heavy atom. The highest BCUT2D eigenvalue weighted by Gasteiger charge is 2.11. The zero-order valence-corrected chi connectivity index (χ0v) is 11.1. The third kappa shape index (κ3) is 3.03. The Labute approximate surface area is 115 Å². The molecule has 0 bridgehead atoms. The number of aliphatic hydroxyl groups excluding tert-OH is 1. The van der Waals surface area contributed by atoms with E-state index in [2.05, 4.69) is 15.5 Å². The van der Waals surface area contributed by atoms with Gasteiger partial charge in [-0.1, -0.05) is 23.2 Å². The van der Waals surface area contributed by atoms with Gasteiger partial charge in [0.05, 0.1) is 23.5 Å². The molecule has 6 heteroatoms. The summed E-state index contributed by atoms with van der Waals surface area (Å²) in [5.74, 6) is 0. The molecule has 0 unspecified atom stereocenters. The van der Waals surface area contributed by atoms with Crippen LogP contribution in [0.5, 0.6) is 0 Å². The normalized spacial score (nSPS) is 10.8. The van der Waals surface area contributed by atoms with E-state index in [1.54, 1.807) is 18.3 Å². The van der Waals surface area contributed by atoms with Crippen molar-refractivity contribution in [2.24, 2.45) is 0 Å². The van der Waals surface area contributed by atoms with Crippen LogP contribution in [-0.2, 0) is 6.54 Å². The second-order valence-corrected chi connectivity index (χ2v) is 4.64. The molecule has 0 saturated heterocycles. The Morgan fingerprint density at radius 2 is 2.17 bits per heavy atom. The molecule has 2 rings (SSSR count). The molecule has 0 aliphatic rings. The summed E-state index contributed by atoms with van der Waals surface area (Å²) in [6.45, 7) is 1.26. The van der Waals surface area contributed by atoms with E-state index in [9.17, 15) is 0 Å². The maximum absolute atomic E-state index is 8.73. The third-order valence-electron chi connectivity index (χ3n) is 2.52. The SMILES string of the molecule is OCCNCc1cn[nH]c1-c1ccc(Cl)cc1Cl. The molecule has 0 spiro atoms. The van der Waals surface area contributed by atoms with Crippen LogP contribution < -0.4 is 5.32 Å². The Balaban J connectivity index is 2.25. The van der Waals surface area contributed by atoms with Crippen LogP contribution >= 0.6 is 23.2 Å². The minimum Gasteiger partial charge on any atom is -0.395 e. The van der Waals surface area contributed by atoms with Gasteiger partial charge in [0, 0.05) is 29.2 Å². The van der Waals surface area contributed by atoms with Crippen LogP contribution in [0.2, 0.25) is 10.0 Å². The second-order valence-electron chi connectivity index (χ2n) is 3.79. The van der Waals surface area contributed by atoms with Gasteiger partial charge in [-0.25, -0.2) is 0 Å². The van der Waals surface area contributed by atoms with Crippen LogP contribution in [0.15, 0.2) is 24.4 Å². The summed E-state index contributed by atoms with van der Waals surface area (Å²) in [4.78, 5) is 0. The van der Waals surface area contributed by atoms with Crippen molar-refractivity contribution in [1.29, 1.82) is 0 Å². The highest BCUT2D eigenvalue weighted by Crippen LogP contribution is 2.30. The first-order valence-corrected chi connectivity index (χ1v) is 6.27. The zero-order valence-electron chi connectivity index (χ0n) is 9.58. The molecule has 0 amide bonds. The van der Waals surface area contributed by atoms with Gasteiger partial charge >= 0.3 is 0 Å². The Bertz CT molecular complexity index is 528. The molecular weight excluding hydrogens is 273 g/mol. The molecule has 0 aliphatic carbocycles. The van der Waals surface area contributed by atoms with Gasteiger partial charge in [0.2, 0.25) is 0 Å². The summed E-state index contributed by atoms with van der Waals surface area (Å²) in [5.41, 5.74) is 2.72. The third-order valence-corrected chi connectivity index (χ3v) is 3.07. The molecule has 2 aromatic rings. The van der Waals surface area contributed by atoms with Crippen molar-refractivity contribution >= 4 is 23.2 Å². The average Bonchev–Trinajstić information content (AvgIpc) is 2.78. The van der Waals surface area contributed by atoms with Crippen molar-refractivity contribution in [3.63, 3.8) is 0 Å². The molecule has 0 saturated carbocycles. The molecule has 1 aromatic heterocycles. The molecule has 0 aliphatic heterocycles. The maximum Gasteiger partial charge on any atom is 0.0710 e. The van der Waals surface area contributed by atoms with E-state index in [-0.39, 0.29) is 6.61 Å². The Hall–Kier alpha value is -1.07. The van der Waals surface area contributed by atoms with Crippen molar-refractivity contribution in [3.8, 4) is 11.3 Å². The number of nitrogens with one attached hydrogen (secondary N) is 2. The number of rotatable bonds is 5. The van der Waals surface area contributed by atoms with Gasteiger partial charge in [0.25, 0.3) is 0 Å². The molecule has 3 N–H and O–H groups in total. The highest BCUT2D eigenvalue weighted by atomic mass is 35.5. The number of H-pyrrole nitrogens is 1. The molecular formula is C12H13Cl2N3O. The number of aliphatic hydroxyl groups is 1. The summed E-state index contributed by atoms with van der Waals surface area (Å²) in [6, 6.07) is 5.34. The fraction of sp³-hybridized carbons (Fsp3) is 0.250. The summed E-state index contributed by atoms with van der Waals surface area (Å²) < 4.78 is 0. The molecule has 0 radical (unpaired) electrons. The lowest BCUT2D eigenvalue weighted by molar-refractivity contribution is 0.292. The number of halogens is 2. The van der Waals surface area contributed by atoms with Gasteiger partial charge in [-0.3, -0.25) is 5.10 Å². The first kappa shape index (κ1) is 13.4. The predicted octanol–water partition coefficient (Wildman–Crippen LogP) is 2.47. The summed E-state index contributed by atoms with van der Waals surface area (Å²) in [5, 5.41) is 20.0. The first-order chi connectivity index (χ1) is 8.72. The second kappa shape index (κ2) is 6.20. The van der Waals surface area contributed by atoms with E-state index in [0.29, 0.717) is 23.1 Å². The van der Waals surface area contributed by atoms with Gasteiger partial charge in [0.15, 0.2) is 0 Å². The van der Waals surface area contributed by atoms with E-state index in [1.165, 1.54) is 0 Å². The summed E-state index contributed by atoms with van der Waals surface area (Å²) in [7, 11) is 0. The number of benzene rings is 1. The van der Waals surface area contributed by atoms with E-state index in [1.807, 2.05) is 6.07 Å². The van der Waals surface area contributed by atoms with Gasteiger partial charge in [-0.15, -0.1) is 0 Å². The summed E-state index contributed by atoms with van der Waals surface area (Å²) in [6.07, 6.45) is 1.74. The van der Waals surface area contributed by atoms with Gasteiger partial charge in [-0.2, -0.15) is 5.10 Å². The minimum atomic E-state index is 0.106. The number of hydrogen-bond acceptors (Lipinski definition) is 3. The molecule has 96 valence electrons. The van der Waals surface area contributed by atoms with Gasteiger partial charge < -0.3 is 10.4 Å². The number of nitrogens with zero attached hydrogens (tertiary/aromatic N) is 1. The maximum atomic E-state index is 8.73. The van der Waals surface area contributed by atoms with E-state index < -0.39 is 0 Å². The largest absolute Gasteiger partial charge is 0.395 e. The van der Waals surface area contributed by atoms with Crippen LogP contribution in [0.4, 0.5) is 0 Å². The first-order valence-electron chi connectivity index (χ1n) is 5.51. The lowest BCUT2D eigenvalue weighted by atomic mass is 10.1. The standard InChI is InChI=1S/C12H13Cl2N3O/c13-9-1-2-10(11(14)5-9)12-8(7-16-17-12)6-15-3-4-18/h1-2,5,7,15,18H,3-4,6H2,(H,16,17). The fourth-order valence-electron chi connectivity index (χ4n) is 1.67. The van der Waals surface area contributed by atoms with Crippen LogP contribution in [0.1, 0.15) is 5.56 Å². The molecule has 0 atom stereocenters. The fourth-order valence-corrected chi connectivity index (χ4v) is 2.18. The number of hydrogen-bond donors (Lipinski definition) is 3. The number of aromatic nitrogens is 2. The minimum absolute atomic E-state index is 0.106. The van der Waals surface area contributed by atoms with Crippen LogP contribution in [-0.4, -0.2) is 28.5 Å². The van der Waals surface area contributed by atoms with E-state index in [0.717, 1.165) is 16.8 Å². The molecule has 18 heavy (non-hydrogen) atoms. The van der Waals surface area contributed by atoms with Crippen molar-refractivity contribution < 1.29 is 5.11 Å². The highest BCUT2D eigenvalue weighted by molar-refractivity contribution is 6.36. The molecule has 1 heterocycles. The van der Waals surface area contributed by atoms with E-state index >= 15 is 0 Å². The average molecular weight is 286 g/mol. The van der Waals surface area contributed by atoms with Crippen molar-refractivity contribution in [2.75, 3.05) is 13.2 Å². The molecule has 0 fully saturated rings. The van der Waals surface area contributed by atoms with Gasteiger partial charge in [0.1, 0.15) is 0 Å². The van der Waals surface area contributed by atoms with Crippen LogP contribution in [0.25, 0.3) is 11.3 Å². The smallest absolute Gasteiger partial charge is 0.0710 e. The topological polar surface area (TPSA) is 60.9 Å². The summed E-state index contributed by atoms with van der Waals surface area (Å²) >= 11 is 12.0. The quantitative estimate of drug-likeness (QED) is 0.740. The van der Waals surface area contributed by atoms with Crippen LogP contribution in [0, 0.1) is 0 Å². The lowest BCUT2D eigenvalue weighted by Gasteiger charge is -2.06. The Morgan fingerprint density at radius 3 is 2.89 bits per heavy atom.